The van der Waals surface area contributed by atoms with E-state index in [9.17, 15) is 4.79 Å². The Labute approximate surface area is 100 Å². The maximum atomic E-state index is 11.6. The molecule has 0 amide bonds. The Balaban J connectivity index is 1.83. The van der Waals surface area contributed by atoms with Crippen LogP contribution in [-0.2, 0) is 22.6 Å². The van der Waals surface area contributed by atoms with E-state index in [-0.39, 0.29) is 12.0 Å². The highest BCUT2D eigenvalue weighted by Gasteiger charge is 2.34. The summed E-state index contributed by atoms with van der Waals surface area (Å²) < 4.78 is 7.28. The second-order valence-corrected chi connectivity index (χ2v) is 4.79. The first-order chi connectivity index (χ1) is 8.16. The maximum absolute atomic E-state index is 11.6. The number of nitrogens with zero attached hydrogens (tertiary/aromatic N) is 3. The van der Waals surface area contributed by atoms with Gasteiger partial charge in [0.25, 0.3) is 0 Å². The van der Waals surface area contributed by atoms with Gasteiger partial charge in [-0.3, -0.25) is 9.69 Å². The number of ether oxygens (including phenoxy) is 1. The van der Waals surface area contributed by atoms with E-state index in [4.69, 9.17) is 4.74 Å². The summed E-state index contributed by atoms with van der Waals surface area (Å²) in [6.45, 7) is 7.29. The zero-order chi connectivity index (χ0) is 12.0. The monoisotopic (exact) mass is 235 g/mol. The van der Waals surface area contributed by atoms with Crippen LogP contribution in [0, 0.1) is 13.8 Å². The average molecular weight is 235 g/mol. The Hall–Kier alpha value is -1.36. The fourth-order valence-electron chi connectivity index (χ4n) is 2.71. The number of hydrogen-bond acceptors (Lipinski definition) is 4. The molecular weight excluding hydrogens is 218 g/mol. The summed E-state index contributed by atoms with van der Waals surface area (Å²) in [4.78, 5) is 18.3. The Kier molecular flexibility index (Phi) is 2.43. The van der Waals surface area contributed by atoms with Gasteiger partial charge in [-0.15, -0.1) is 0 Å². The van der Waals surface area contributed by atoms with Gasteiger partial charge in [0.1, 0.15) is 11.9 Å². The van der Waals surface area contributed by atoms with Crippen LogP contribution in [-0.4, -0.2) is 39.6 Å². The molecule has 0 spiro atoms. The number of carbonyl (C=O) groups excluding carboxylic acids is 1. The molecule has 1 fully saturated rings. The maximum Gasteiger partial charge on any atom is 0.323 e. The third kappa shape index (κ3) is 1.65. The Morgan fingerprint density at radius 3 is 2.88 bits per heavy atom. The molecule has 1 aromatic heterocycles. The van der Waals surface area contributed by atoms with Gasteiger partial charge in [0, 0.05) is 25.2 Å². The van der Waals surface area contributed by atoms with E-state index in [1.165, 1.54) is 5.69 Å². The first-order valence-corrected chi connectivity index (χ1v) is 6.10. The first kappa shape index (κ1) is 10.8. The van der Waals surface area contributed by atoms with Gasteiger partial charge in [-0.2, -0.15) is 0 Å². The van der Waals surface area contributed by atoms with Gasteiger partial charge in [0.2, 0.25) is 0 Å². The highest BCUT2D eigenvalue weighted by atomic mass is 16.5. The predicted molar refractivity (Wildman–Crippen MR) is 61.5 cm³/mol. The number of hydrogen-bond donors (Lipinski definition) is 0. The van der Waals surface area contributed by atoms with Crippen LogP contribution < -0.4 is 0 Å². The fourth-order valence-corrected chi connectivity index (χ4v) is 2.71. The topological polar surface area (TPSA) is 47.4 Å². The molecule has 0 N–H and O–H groups in total. The molecule has 0 aromatic carbocycles. The molecular formula is C12H17N3O2. The molecule has 2 aliphatic rings. The third-order valence-corrected chi connectivity index (χ3v) is 3.84. The minimum atomic E-state index is -0.0709. The predicted octanol–water partition coefficient (Wildman–Crippen LogP) is 0.631. The van der Waals surface area contributed by atoms with Crippen LogP contribution in [0.4, 0.5) is 0 Å². The minimum absolute atomic E-state index is 0.0546. The third-order valence-electron chi connectivity index (χ3n) is 3.84. The fraction of sp³-hybridized carbons (Fsp3) is 0.667. The lowest BCUT2D eigenvalue weighted by Crippen LogP contribution is -2.43. The van der Waals surface area contributed by atoms with E-state index in [0.717, 1.165) is 37.6 Å². The van der Waals surface area contributed by atoms with E-state index in [2.05, 4.69) is 21.4 Å². The number of fused-ring (bicyclic) bond motifs is 1. The van der Waals surface area contributed by atoms with Crippen LogP contribution in [0.3, 0.4) is 0 Å². The van der Waals surface area contributed by atoms with Crippen molar-refractivity contribution in [2.75, 3.05) is 13.2 Å². The van der Waals surface area contributed by atoms with Gasteiger partial charge in [0.15, 0.2) is 0 Å². The van der Waals surface area contributed by atoms with Crippen molar-refractivity contribution < 1.29 is 9.53 Å². The van der Waals surface area contributed by atoms with Gasteiger partial charge in [-0.1, -0.05) is 0 Å². The molecule has 2 aliphatic heterocycles. The molecule has 17 heavy (non-hydrogen) atoms. The SMILES string of the molecule is Cc1nc2n(c1C)CCN([C@H]1CCOC1=O)C2. The van der Waals surface area contributed by atoms with Gasteiger partial charge in [-0.25, -0.2) is 4.98 Å². The van der Waals surface area contributed by atoms with Crippen LogP contribution in [0.15, 0.2) is 0 Å². The van der Waals surface area contributed by atoms with E-state index in [1.54, 1.807) is 0 Å². The lowest BCUT2D eigenvalue weighted by atomic mass is 10.2. The number of esters is 1. The number of carbonyl (C=O) groups is 1. The largest absolute Gasteiger partial charge is 0.464 e. The molecule has 5 nitrogen and oxygen atoms in total. The highest BCUT2D eigenvalue weighted by molar-refractivity contribution is 5.77. The molecule has 0 unspecified atom stereocenters. The highest BCUT2D eigenvalue weighted by Crippen LogP contribution is 2.22. The van der Waals surface area contributed by atoms with Gasteiger partial charge < -0.3 is 9.30 Å². The van der Waals surface area contributed by atoms with E-state index in [1.807, 2.05) is 6.92 Å². The Morgan fingerprint density at radius 1 is 1.35 bits per heavy atom. The Bertz CT molecular complexity index is 467. The molecule has 0 aliphatic carbocycles. The minimum Gasteiger partial charge on any atom is -0.464 e. The smallest absolute Gasteiger partial charge is 0.323 e. The second kappa shape index (κ2) is 3.84. The standard InChI is InChI=1S/C12H17N3O2/c1-8-9(2)15-5-4-14(7-11(15)13-8)10-3-6-17-12(10)16/h10H,3-7H2,1-2H3/t10-/m0/s1. The molecule has 5 heteroatoms. The Morgan fingerprint density at radius 2 is 2.18 bits per heavy atom. The molecule has 92 valence electrons. The molecule has 0 radical (unpaired) electrons. The van der Waals surface area contributed by atoms with Crippen LogP contribution in [0.5, 0.6) is 0 Å². The van der Waals surface area contributed by atoms with Crippen molar-refractivity contribution in [3.05, 3.63) is 17.2 Å². The zero-order valence-corrected chi connectivity index (χ0v) is 10.3. The van der Waals surface area contributed by atoms with Crippen LogP contribution in [0.1, 0.15) is 23.6 Å². The van der Waals surface area contributed by atoms with Crippen molar-refractivity contribution in [2.45, 2.75) is 39.4 Å². The molecule has 0 bridgehead atoms. The number of imidazole rings is 1. The second-order valence-electron chi connectivity index (χ2n) is 4.79. The van der Waals surface area contributed by atoms with Crippen molar-refractivity contribution in [3.8, 4) is 0 Å². The molecule has 3 heterocycles. The van der Waals surface area contributed by atoms with Crippen LogP contribution in [0.2, 0.25) is 0 Å². The van der Waals surface area contributed by atoms with E-state index < -0.39 is 0 Å². The normalized spacial score (nSPS) is 24.8. The molecule has 1 aromatic rings. The zero-order valence-electron chi connectivity index (χ0n) is 10.3. The van der Waals surface area contributed by atoms with Crippen molar-refractivity contribution in [1.82, 2.24) is 14.5 Å². The summed E-state index contributed by atoms with van der Waals surface area (Å²) in [5.41, 5.74) is 2.34. The molecule has 3 rings (SSSR count). The number of aromatic nitrogens is 2. The molecule has 0 saturated carbocycles. The summed E-state index contributed by atoms with van der Waals surface area (Å²) in [5.74, 6) is 1.00. The van der Waals surface area contributed by atoms with E-state index in [0.29, 0.717) is 6.61 Å². The van der Waals surface area contributed by atoms with Gasteiger partial charge in [0.05, 0.1) is 18.8 Å². The summed E-state index contributed by atoms with van der Waals surface area (Å²) >= 11 is 0. The number of aryl methyl sites for hydroxylation is 1. The molecule has 1 atom stereocenters. The quantitative estimate of drug-likeness (QED) is 0.670. The lowest BCUT2D eigenvalue weighted by molar-refractivity contribution is -0.142. The lowest BCUT2D eigenvalue weighted by Gasteiger charge is -2.30. The van der Waals surface area contributed by atoms with Crippen LogP contribution >= 0.6 is 0 Å². The van der Waals surface area contributed by atoms with Gasteiger partial charge in [-0.05, 0) is 13.8 Å². The number of cyclic esters (lactones) is 1. The first-order valence-electron chi connectivity index (χ1n) is 6.10. The summed E-state index contributed by atoms with van der Waals surface area (Å²) in [6, 6.07) is -0.0546. The van der Waals surface area contributed by atoms with Crippen molar-refractivity contribution in [2.24, 2.45) is 0 Å². The van der Waals surface area contributed by atoms with Crippen molar-refractivity contribution in [1.29, 1.82) is 0 Å². The molecule has 1 saturated heterocycles. The van der Waals surface area contributed by atoms with Crippen molar-refractivity contribution >= 4 is 5.97 Å². The van der Waals surface area contributed by atoms with Gasteiger partial charge >= 0.3 is 5.97 Å². The summed E-state index contributed by atoms with van der Waals surface area (Å²) in [7, 11) is 0. The summed E-state index contributed by atoms with van der Waals surface area (Å²) in [5, 5.41) is 0. The summed E-state index contributed by atoms with van der Waals surface area (Å²) in [6.07, 6.45) is 0.817. The average Bonchev–Trinajstić information content (AvgIpc) is 2.84. The van der Waals surface area contributed by atoms with Crippen LogP contribution in [0.25, 0.3) is 0 Å². The van der Waals surface area contributed by atoms with Crippen molar-refractivity contribution in [3.63, 3.8) is 0 Å². The number of rotatable bonds is 1. The van der Waals surface area contributed by atoms with E-state index >= 15 is 0 Å².